The molecule has 1 rings (SSSR count). The Labute approximate surface area is 99.0 Å². The van der Waals surface area contributed by atoms with E-state index in [1.807, 2.05) is 6.92 Å². The fourth-order valence-corrected chi connectivity index (χ4v) is 5.84. The van der Waals surface area contributed by atoms with Gasteiger partial charge in [0.2, 0.25) is 7.37 Å². The second-order valence-electron chi connectivity index (χ2n) is 5.42. The molecule has 0 amide bonds. The Morgan fingerprint density at radius 1 is 1.44 bits per heavy atom. The topological polar surface area (TPSA) is 46.5 Å². The molecule has 0 aromatic carbocycles. The Morgan fingerprint density at radius 2 is 2.06 bits per heavy atom. The van der Waals surface area contributed by atoms with E-state index in [9.17, 15) is 9.67 Å². The molecule has 0 spiro atoms. The molecule has 4 atom stereocenters. The number of rotatable bonds is 5. The van der Waals surface area contributed by atoms with Crippen molar-refractivity contribution < 1.29 is 14.2 Å². The highest BCUT2D eigenvalue weighted by Gasteiger charge is 2.41. The van der Waals surface area contributed by atoms with Gasteiger partial charge in [0.05, 0.1) is 12.7 Å². The predicted octanol–water partition coefficient (Wildman–Crippen LogP) is 2.97. The van der Waals surface area contributed by atoms with Crippen LogP contribution in [0.25, 0.3) is 0 Å². The van der Waals surface area contributed by atoms with Gasteiger partial charge in [-0.25, -0.2) is 0 Å². The van der Waals surface area contributed by atoms with Crippen LogP contribution in [0.4, 0.5) is 0 Å². The summed E-state index contributed by atoms with van der Waals surface area (Å²) in [5, 5.41) is 9.43. The van der Waals surface area contributed by atoms with E-state index in [1.165, 1.54) is 0 Å². The normalized spacial score (nSPS) is 36.9. The number of hydrogen-bond donors (Lipinski definition) is 1. The lowest BCUT2D eigenvalue weighted by Gasteiger charge is -2.18. The van der Waals surface area contributed by atoms with Crippen LogP contribution in [0.2, 0.25) is 0 Å². The molecule has 0 radical (unpaired) electrons. The Kier molecular flexibility index (Phi) is 5.03. The van der Waals surface area contributed by atoms with Gasteiger partial charge in [0.15, 0.2) is 0 Å². The number of aliphatic hydroxyl groups is 1. The van der Waals surface area contributed by atoms with Gasteiger partial charge < -0.3 is 9.63 Å². The SMILES string of the molecule is CCC(O)COP1(=O)CC(C)[C@H](C(C)C)C1. The molecule has 3 unspecified atom stereocenters. The van der Waals surface area contributed by atoms with E-state index >= 15 is 0 Å². The zero-order chi connectivity index (χ0) is 12.3. The number of hydrogen-bond acceptors (Lipinski definition) is 3. The minimum absolute atomic E-state index is 0.227. The highest BCUT2D eigenvalue weighted by Crippen LogP contribution is 2.58. The highest BCUT2D eigenvalue weighted by molar-refractivity contribution is 7.59. The Balaban J connectivity index is 2.51. The molecule has 0 aromatic rings. The third-order valence-electron chi connectivity index (χ3n) is 3.62. The Bertz CT molecular complexity index is 265. The van der Waals surface area contributed by atoms with E-state index in [2.05, 4.69) is 20.8 Å². The van der Waals surface area contributed by atoms with Crippen LogP contribution in [-0.2, 0) is 9.09 Å². The van der Waals surface area contributed by atoms with Crippen LogP contribution in [0, 0.1) is 17.8 Å². The van der Waals surface area contributed by atoms with Crippen molar-refractivity contribution in [2.24, 2.45) is 17.8 Å². The van der Waals surface area contributed by atoms with Crippen LogP contribution >= 0.6 is 7.37 Å². The first-order chi connectivity index (χ1) is 7.38. The van der Waals surface area contributed by atoms with Crippen molar-refractivity contribution in [2.75, 3.05) is 18.9 Å². The zero-order valence-corrected chi connectivity index (χ0v) is 11.7. The summed E-state index contributed by atoms with van der Waals surface area (Å²) < 4.78 is 17.9. The summed E-state index contributed by atoms with van der Waals surface area (Å²) in [6, 6.07) is 0. The van der Waals surface area contributed by atoms with Crippen molar-refractivity contribution in [1.82, 2.24) is 0 Å². The molecule has 1 fully saturated rings. The van der Waals surface area contributed by atoms with E-state index in [1.54, 1.807) is 0 Å². The summed E-state index contributed by atoms with van der Waals surface area (Å²) in [5.41, 5.74) is 0. The van der Waals surface area contributed by atoms with E-state index in [4.69, 9.17) is 4.52 Å². The molecular formula is C12H25O3P. The third-order valence-corrected chi connectivity index (χ3v) is 6.35. The van der Waals surface area contributed by atoms with Crippen molar-refractivity contribution in [2.45, 2.75) is 40.2 Å². The number of aliphatic hydroxyl groups excluding tert-OH is 1. The molecule has 1 aliphatic rings. The van der Waals surface area contributed by atoms with Crippen molar-refractivity contribution >= 4 is 7.37 Å². The van der Waals surface area contributed by atoms with Crippen LogP contribution in [0.5, 0.6) is 0 Å². The van der Waals surface area contributed by atoms with Crippen LogP contribution in [0.15, 0.2) is 0 Å². The van der Waals surface area contributed by atoms with Crippen molar-refractivity contribution in [1.29, 1.82) is 0 Å². The van der Waals surface area contributed by atoms with Gasteiger partial charge in [-0.3, -0.25) is 4.57 Å². The highest BCUT2D eigenvalue weighted by atomic mass is 31.2. The first kappa shape index (κ1) is 14.2. The summed E-state index contributed by atoms with van der Waals surface area (Å²) in [4.78, 5) is 0. The van der Waals surface area contributed by atoms with E-state index in [0.29, 0.717) is 36.5 Å². The summed E-state index contributed by atoms with van der Waals surface area (Å²) in [5.74, 6) is 1.54. The van der Waals surface area contributed by atoms with Gasteiger partial charge >= 0.3 is 0 Å². The largest absolute Gasteiger partial charge is 0.391 e. The molecule has 16 heavy (non-hydrogen) atoms. The molecule has 1 aliphatic heterocycles. The van der Waals surface area contributed by atoms with Crippen molar-refractivity contribution in [3.63, 3.8) is 0 Å². The lowest BCUT2D eigenvalue weighted by molar-refractivity contribution is 0.106. The summed E-state index contributed by atoms with van der Waals surface area (Å²) in [6.07, 6.45) is 1.57. The minimum Gasteiger partial charge on any atom is -0.391 e. The molecule has 1 saturated heterocycles. The lowest BCUT2D eigenvalue weighted by atomic mass is 9.88. The van der Waals surface area contributed by atoms with E-state index in [-0.39, 0.29) is 6.61 Å². The van der Waals surface area contributed by atoms with Crippen molar-refractivity contribution in [3.8, 4) is 0 Å². The monoisotopic (exact) mass is 248 g/mol. The zero-order valence-electron chi connectivity index (χ0n) is 10.8. The summed E-state index contributed by atoms with van der Waals surface area (Å²) >= 11 is 0. The van der Waals surface area contributed by atoms with Crippen molar-refractivity contribution in [3.05, 3.63) is 0 Å². The van der Waals surface area contributed by atoms with Gasteiger partial charge in [-0.1, -0.05) is 27.7 Å². The lowest BCUT2D eigenvalue weighted by Crippen LogP contribution is -2.15. The standard InChI is InChI=1S/C12H25O3P/c1-5-11(13)6-15-16(14)7-10(4)12(8-16)9(2)3/h9-13H,5-8H2,1-4H3/t10?,11?,12-,16?/m0/s1. The minimum atomic E-state index is -2.46. The molecule has 4 heteroatoms. The van der Waals surface area contributed by atoms with E-state index in [0.717, 1.165) is 0 Å². The van der Waals surface area contributed by atoms with Gasteiger partial charge in [-0.05, 0) is 24.2 Å². The third kappa shape index (κ3) is 3.58. The summed E-state index contributed by atoms with van der Waals surface area (Å²) in [7, 11) is -2.46. The molecule has 0 saturated carbocycles. The predicted molar refractivity (Wildman–Crippen MR) is 67.1 cm³/mol. The molecule has 0 bridgehead atoms. The fraction of sp³-hybridized carbons (Fsp3) is 1.00. The molecule has 1 N–H and O–H groups in total. The average Bonchev–Trinajstić information content (AvgIpc) is 2.52. The van der Waals surface area contributed by atoms with Gasteiger partial charge in [0.1, 0.15) is 0 Å². The fourth-order valence-electron chi connectivity index (χ4n) is 2.46. The van der Waals surface area contributed by atoms with Gasteiger partial charge in [0, 0.05) is 12.3 Å². The molecule has 1 heterocycles. The molecule has 0 aromatic heterocycles. The van der Waals surface area contributed by atoms with Crippen LogP contribution in [0.1, 0.15) is 34.1 Å². The molecule has 96 valence electrons. The Morgan fingerprint density at radius 3 is 2.50 bits per heavy atom. The maximum Gasteiger partial charge on any atom is 0.203 e. The smallest absolute Gasteiger partial charge is 0.203 e. The van der Waals surface area contributed by atoms with Gasteiger partial charge in [0.25, 0.3) is 0 Å². The second kappa shape index (κ2) is 5.66. The van der Waals surface area contributed by atoms with E-state index < -0.39 is 13.5 Å². The molecule has 3 nitrogen and oxygen atoms in total. The van der Waals surface area contributed by atoms with Gasteiger partial charge in [-0.2, -0.15) is 0 Å². The maximum absolute atomic E-state index is 12.4. The first-order valence-corrected chi connectivity index (χ1v) is 8.28. The maximum atomic E-state index is 12.4. The summed E-state index contributed by atoms with van der Waals surface area (Å²) in [6.45, 7) is 8.64. The Hall–Kier alpha value is 0.150. The first-order valence-electron chi connectivity index (χ1n) is 6.28. The molecular weight excluding hydrogens is 223 g/mol. The average molecular weight is 248 g/mol. The van der Waals surface area contributed by atoms with Crippen LogP contribution < -0.4 is 0 Å². The van der Waals surface area contributed by atoms with Gasteiger partial charge in [-0.15, -0.1) is 0 Å². The quantitative estimate of drug-likeness (QED) is 0.761. The molecule has 0 aliphatic carbocycles. The second-order valence-corrected chi connectivity index (χ2v) is 8.04. The van der Waals surface area contributed by atoms with Crippen LogP contribution in [-0.4, -0.2) is 30.1 Å². The van der Waals surface area contributed by atoms with Crippen LogP contribution in [0.3, 0.4) is 0 Å².